The fourth-order valence-electron chi connectivity index (χ4n) is 4.66. The molecule has 0 aromatic heterocycles. The molecule has 0 radical (unpaired) electrons. The summed E-state index contributed by atoms with van der Waals surface area (Å²) in [7, 11) is 0. The Morgan fingerprint density at radius 3 is 2.08 bits per heavy atom. The standard InChI is InChI=1S/C30H32N2O6/c1-5-37-24-13-22(14-25(16-24)38-6-2)28(33)31-23-11-9-19(10-12-23)20-7-8-21-17-32(29(34)26(21)15-20)27(18(3)4)30(35)36/h7-16,18,27H,5-6,17H2,1-4H3,(H,31,33)(H,35,36)/t27-/m0/s1. The molecule has 38 heavy (non-hydrogen) atoms. The van der Waals surface area contributed by atoms with E-state index in [1.54, 1.807) is 50.2 Å². The van der Waals surface area contributed by atoms with Crippen molar-refractivity contribution in [3.05, 3.63) is 77.4 Å². The Bertz CT molecular complexity index is 1330. The number of nitrogens with one attached hydrogen (secondary N) is 1. The lowest BCUT2D eigenvalue weighted by molar-refractivity contribution is -0.144. The predicted octanol–water partition coefficient (Wildman–Crippen LogP) is 5.47. The summed E-state index contributed by atoms with van der Waals surface area (Å²) in [5.41, 5.74) is 4.07. The van der Waals surface area contributed by atoms with Gasteiger partial charge in [-0.05, 0) is 66.8 Å². The Morgan fingerprint density at radius 1 is 0.921 bits per heavy atom. The second-order valence-corrected chi connectivity index (χ2v) is 9.42. The van der Waals surface area contributed by atoms with Crippen molar-refractivity contribution in [1.29, 1.82) is 0 Å². The highest BCUT2D eigenvalue weighted by Gasteiger charge is 2.38. The van der Waals surface area contributed by atoms with Crippen LogP contribution in [0.4, 0.5) is 5.69 Å². The fourth-order valence-corrected chi connectivity index (χ4v) is 4.66. The third-order valence-electron chi connectivity index (χ3n) is 6.40. The number of amides is 2. The van der Waals surface area contributed by atoms with E-state index in [1.807, 2.05) is 38.1 Å². The van der Waals surface area contributed by atoms with Crippen LogP contribution in [-0.2, 0) is 11.3 Å². The minimum Gasteiger partial charge on any atom is -0.494 e. The molecule has 0 unspecified atom stereocenters. The van der Waals surface area contributed by atoms with Crippen LogP contribution in [0.25, 0.3) is 11.1 Å². The van der Waals surface area contributed by atoms with Crippen LogP contribution in [0.1, 0.15) is 54.0 Å². The van der Waals surface area contributed by atoms with Gasteiger partial charge in [0.2, 0.25) is 0 Å². The minimum atomic E-state index is -1.00. The lowest BCUT2D eigenvalue weighted by Crippen LogP contribution is -2.44. The van der Waals surface area contributed by atoms with Crippen LogP contribution < -0.4 is 14.8 Å². The molecule has 4 rings (SSSR count). The zero-order chi connectivity index (χ0) is 27.4. The number of carbonyl (C=O) groups is 3. The Kier molecular flexibility index (Phi) is 8.00. The normalized spacial score (nSPS) is 13.3. The van der Waals surface area contributed by atoms with Crippen LogP contribution >= 0.6 is 0 Å². The van der Waals surface area contributed by atoms with Crippen molar-refractivity contribution in [3.63, 3.8) is 0 Å². The van der Waals surface area contributed by atoms with Crippen molar-refractivity contribution < 1.29 is 29.0 Å². The molecule has 2 amide bonds. The quantitative estimate of drug-likeness (QED) is 0.370. The van der Waals surface area contributed by atoms with Gasteiger partial charge in [-0.15, -0.1) is 0 Å². The van der Waals surface area contributed by atoms with E-state index in [-0.39, 0.29) is 24.3 Å². The lowest BCUT2D eigenvalue weighted by atomic mass is 10.00. The number of benzene rings is 3. The number of hydrogen-bond donors (Lipinski definition) is 2. The summed E-state index contributed by atoms with van der Waals surface area (Å²) in [4.78, 5) is 39.2. The van der Waals surface area contributed by atoms with Gasteiger partial charge in [-0.3, -0.25) is 9.59 Å². The molecule has 3 aromatic rings. The van der Waals surface area contributed by atoms with Crippen molar-refractivity contribution in [2.75, 3.05) is 18.5 Å². The molecule has 8 nitrogen and oxygen atoms in total. The van der Waals surface area contributed by atoms with Crippen molar-refractivity contribution in [2.45, 2.75) is 40.3 Å². The van der Waals surface area contributed by atoms with E-state index in [4.69, 9.17) is 9.47 Å². The van der Waals surface area contributed by atoms with E-state index >= 15 is 0 Å². The highest BCUT2D eigenvalue weighted by atomic mass is 16.5. The lowest BCUT2D eigenvalue weighted by Gasteiger charge is -2.27. The fraction of sp³-hybridized carbons (Fsp3) is 0.300. The van der Waals surface area contributed by atoms with E-state index in [1.165, 1.54) is 4.90 Å². The van der Waals surface area contributed by atoms with Gasteiger partial charge in [0.15, 0.2) is 0 Å². The maximum Gasteiger partial charge on any atom is 0.326 e. The summed E-state index contributed by atoms with van der Waals surface area (Å²) in [6.45, 7) is 8.58. The molecular formula is C30H32N2O6. The smallest absolute Gasteiger partial charge is 0.326 e. The number of ether oxygens (including phenoxy) is 2. The maximum atomic E-state index is 13.1. The zero-order valence-electron chi connectivity index (χ0n) is 22.0. The van der Waals surface area contributed by atoms with E-state index in [0.717, 1.165) is 16.7 Å². The first kappa shape index (κ1) is 26.7. The number of aliphatic carboxylic acids is 1. The summed E-state index contributed by atoms with van der Waals surface area (Å²) in [5, 5.41) is 12.5. The first-order chi connectivity index (χ1) is 18.2. The van der Waals surface area contributed by atoms with Crippen molar-refractivity contribution >= 4 is 23.5 Å². The molecule has 1 aliphatic rings. The molecule has 0 aliphatic carbocycles. The molecule has 0 saturated heterocycles. The van der Waals surface area contributed by atoms with Gasteiger partial charge in [0.05, 0.1) is 13.2 Å². The number of rotatable bonds is 10. The van der Waals surface area contributed by atoms with Gasteiger partial charge in [-0.25, -0.2) is 4.79 Å². The Hall–Kier alpha value is -4.33. The van der Waals surface area contributed by atoms with Gasteiger partial charge in [0.1, 0.15) is 17.5 Å². The summed E-state index contributed by atoms with van der Waals surface area (Å²) < 4.78 is 11.1. The molecule has 1 aliphatic heterocycles. The Labute approximate surface area is 222 Å². The van der Waals surface area contributed by atoms with Crippen LogP contribution in [0.5, 0.6) is 11.5 Å². The summed E-state index contributed by atoms with van der Waals surface area (Å²) in [6.07, 6.45) is 0. The van der Waals surface area contributed by atoms with Crippen molar-refractivity contribution in [3.8, 4) is 22.6 Å². The molecule has 8 heteroatoms. The molecule has 1 atom stereocenters. The molecule has 0 fully saturated rings. The van der Waals surface area contributed by atoms with Crippen LogP contribution in [-0.4, -0.2) is 47.0 Å². The number of nitrogens with zero attached hydrogens (tertiary/aromatic N) is 1. The largest absolute Gasteiger partial charge is 0.494 e. The third-order valence-corrected chi connectivity index (χ3v) is 6.40. The average Bonchev–Trinajstić information content (AvgIpc) is 3.19. The highest BCUT2D eigenvalue weighted by molar-refractivity contribution is 6.05. The average molecular weight is 517 g/mol. The number of fused-ring (bicyclic) bond motifs is 1. The predicted molar refractivity (Wildman–Crippen MR) is 145 cm³/mol. The first-order valence-electron chi connectivity index (χ1n) is 12.7. The van der Waals surface area contributed by atoms with Crippen LogP contribution in [0.2, 0.25) is 0 Å². The number of anilines is 1. The summed E-state index contributed by atoms with van der Waals surface area (Å²) in [5.74, 6) is -0.647. The van der Waals surface area contributed by atoms with E-state index in [9.17, 15) is 19.5 Å². The summed E-state index contributed by atoms with van der Waals surface area (Å²) in [6, 6.07) is 17.2. The van der Waals surface area contributed by atoms with Gasteiger partial charge in [-0.2, -0.15) is 0 Å². The second kappa shape index (κ2) is 11.4. The van der Waals surface area contributed by atoms with E-state index in [0.29, 0.717) is 41.5 Å². The molecule has 0 spiro atoms. The molecule has 198 valence electrons. The topological polar surface area (TPSA) is 105 Å². The van der Waals surface area contributed by atoms with E-state index < -0.39 is 12.0 Å². The minimum absolute atomic E-state index is 0.208. The van der Waals surface area contributed by atoms with Gasteiger partial charge in [0.25, 0.3) is 11.8 Å². The summed E-state index contributed by atoms with van der Waals surface area (Å²) >= 11 is 0. The molecule has 0 bridgehead atoms. The highest BCUT2D eigenvalue weighted by Crippen LogP contribution is 2.32. The number of carbonyl (C=O) groups excluding carboxylic acids is 2. The van der Waals surface area contributed by atoms with Crippen molar-refractivity contribution in [2.24, 2.45) is 5.92 Å². The number of carboxylic acids is 1. The Morgan fingerprint density at radius 2 is 1.53 bits per heavy atom. The van der Waals surface area contributed by atoms with Gasteiger partial charge >= 0.3 is 5.97 Å². The molecular weight excluding hydrogens is 484 g/mol. The molecule has 3 aromatic carbocycles. The van der Waals surface area contributed by atoms with Gasteiger partial charge < -0.3 is 24.8 Å². The SMILES string of the molecule is CCOc1cc(OCC)cc(C(=O)Nc2ccc(-c3ccc4c(c3)C(=O)N([C@H](C(=O)O)C(C)C)C4)cc2)c1. The molecule has 0 saturated carbocycles. The number of hydrogen-bond acceptors (Lipinski definition) is 5. The molecule has 2 N–H and O–H groups in total. The maximum absolute atomic E-state index is 13.1. The monoisotopic (exact) mass is 516 g/mol. The van der Waals surface area contributed by atoms with Crippen LogP contribution in [0.15, 0.2) is 60.7 Å². The van der Waals surface area contributed by atoms with Crippen molar-refractivity contribution in [1.82, 2.24) is 4.90 Å². The first-order valence-corrected chi connectivity index (χ1v) is 12.7. The molecule has 1 heterocycles. The van der Waals surface area contributed by atoms with Crippen LogP contribution in [0, 0.1) is 5.92 Å². The Balaban J connectivity index is 1.50. The van der Waals surface area contributed by atoms with Gasteiger partial charge in [-0.1, -0.05) is 38.1 Å². The second-order valence-electron chi connectivity index (χ2n) is 9.42. The van der Waals surface area contributed by atoms with Crippen LogP contribution in [0.3, 0.4) is 0 Å². The van der Waals surface area contributed by atoms with E-state index in [2.05, 4.69) is 5.32 Å². The zero-order valence-corrected chi connectivity index (χ0v) is 22.0. The third kappa shape index (κ3) is 5.64. The van der Waals surface area contributed by atoms with Gasteiger partial charge in [0, 0.05) is 29.4 Å². The number of carboxylic acid groups (broad SMARTS) is 1.